The van der Waals surface area contributed by atoms with Crippen molar-refractivity contribution in [2.75, 3.05) is 0 Å². The molecule has 0 atom stereocenters. The second-order valence-electron chi connectivity index (χ2n) is 6.89. The molecule has 31 heavy (non-hydrogen) atoms. The third-order valence-corrected chi connectivity index (χ3v) is 7.51. The van der Waals surface area contributed by atoms with E-state index in [0.29, 0.717) is 0 Å². The Balaban J connectivity index is 0.00000114. The second-order valence-corrected chi connectivity index (χ2v) is 9.11. The van der Waals surface area contributed by atoms with Crippen LogP contribution in [-0.4, -0.2) is 0 Å². The number of halogens is 2. The van der Waals surface area contributed by atoms with Crippen LogP contribution in [0.15, 0.2) is 121 Å². The van der Waals surface area contributed by atoms with Gasteiger partial charge < -0.3 is 24.8 Å². The van der Waals surface area contributed by atoms with E-state index in [1.165, 1.54) is 37.8 Å². The molecular weight excluding hydrogens is 605 g/mol. The zero-order chi connectivity index (χ0) is 18.8. The van der Waals surface area contributed by atoms with Crippen molar-refractivity contribution in [1.29, 1.82) is 0 Å². The van der Waals surface area contributed by atoms with E-state index in [4.69, 9.17) is 0 Å². The van der Waals surface area contributed by atoms with E-state index in [1.807, 2.05) is 0 Å². The van der Waals surface area contributed by atoms with Crippen LogP contribution < -0.4 is 40.7 Å². The van der Waals surface area contributed by atoms with E-state index >= 15 is 0 Å². The van der Waals surface area contributed by atoms with Gasteiger partial charge in [0.1, 0.15) is 0 Å². The number of hydrogen-bond donors (Lipinski definition) is 0. The first kappa shape index (κ1) is 25.6. The Morgan fingerprint density at radius 1 is 0.548 bits per heavy atom. The summed E-state index contributed by atoms with van der Waals surface area (Å²) >= 11 is 0. The van der Waals surface area contributed by atoms with Crippen molar-refractivity contribution in [3.63, 3.8) is 0 Å². The minimum Gasteiger partial charge on any atom is -1.00 e. The molecule has 0 aliphatic rings. The van der Waals surface area contributed by atoms with Gasteiger partial charge >= 0.3 is 0 Å². The van der Waals surface area contributed by atoms with Crippen LogP contribution in [0.4, 0.5) is 0 Å². The van der Waals surface area contributed by atoms with Crippen molar-refractivity contribution in [1.82, 2.24) is 0 Å². The Bertz CT molecular complexity index is 1170. The molecule has 0 bridgehead atoms. The zero-order valence-corrected chi connectivity index (χ0v) is 22.7. The first-order chi connectivity index (χ1) is 13.9. The Morgan fingerprint density at radius 3 is 1.61 bits per heavy atom. The van der Waals surface area contributed by atoms with Crippen molar-refractivity contribution in [3.8, 4) is 11.1 Å². The number of hydrogen-bond acceptors (Lipinski definition) is 0. The minimum atomic E-state index is -0.574. The van der Waals surface area contributed by atoms with E-state index in [2.05, 4.69) is 121 Å². The third kappa shape index (κ3) is 5.41. The molecule has 5 aromatic rings. The van der Waals surface area contributed by atoms with Gasteiger partial charge in [-0.2, -0.15) is 6.07 Å². The van der Waals surface area contributed by atoms with Crippen molar-refractivity contribution < 1.29 is 50.7 Å². The first-order valence-electron chi connectivity index (χ1n) is 9.55. The molecule has 0 nitrogen and oxygen atoms in total. The number of rotatable bonds is 4. The Labute approximate surface area is 216 Å². The summed E-state index contributed by atoms with van der Waals surface area (Å²) in [5, 5.41) is 6.84. The normalized spacial score (nSPS) is 10.1. The molecule has 5 aromatic carbocycles. The maximum Gasteiger partial charge on any atom is 0 e. The molecule has 0 radical (unpaired) electrons. The van der Waals surface area contributed by atoms with E-state index in [-0.39, 0.29) is 50.7 Å². The quantitative estimate of drug-likeness (QED) is 0.150. The first-order valence-corrected chi connectivity index (χ1v) is 10.9. The molecule has 0 aromatic heterocycles. The van der Waals surface area contributed by atoms with Gasteiger partial charge in [-0.15, -0.1) is 34.3 Å². The summed E-state index contributed by atoms with van der Waals surface area (Å²) in [4.78, 5) is 0. The van der Waals surface area contributed by atoms with Gasteiger partial charge in [-0.25, -0.2) is 0 Å². The maximum atomic E-state index is 2.41. The van der Waals surface area contributed by atoms with Crippen molar-refractivity contribution in [3.05, 3.63) is 121 Å². The molecule has 0 fully saturated rings. The van der Waals surface area contributed by atoms with Crippen LogP contribution in [0, 0.1) is 0 Å². The van der Waals surface area contributed by atoms with Gasteiger partial charge in [-0.1, -0.05) is 103 Å². The predicted molar refractivity (Wildman–Crippen MR) is 124 cm³/mol. The molecule has 0 aliphatic heterocycles. The van der Waals surface area contributed by atoms with E-state index in [0.717, 1.165) is 0 Å². The molecule has 0 amide bonds. The molecule has 0 saturated carbocycles. The molecule has 0 aliphatic carbocycles. The fraction of sp³-hybridized carbons (Fsp3) is 0. The Hall–Kier alpha value is -1.63. The molecule has 154 valence electrons. The van der Waals surface area contributed by atoms with Gasteiger partial charge in [0, 0.05) is 25.8 Å². The summed E-state index contributed by atoms with van der Waals surface area (Å²) in [5.74, 6) is 0. The van der Waals surface area contributed by atoms with Crippen molar-refractivity contribution >= 4 is 34.6 Å². The van der Waals surface area contributed by atoms with Crippen LogP contribution in [0.3, 0.4) is 0 Å². The summed E-state index contributed by atoms with van der Waals surface area (Å²) in [7, 11) is -0.574. The van der Waals surface area contributed by atoms with Crippen LogP contribution in [0.25, 0.3) is 21.9 Å². The zero-order valence-electron chi connectivity index (χ0n) is 16.8. The van der Waals surface area contributed by atoms with Gasteiger partial charge in [-0.3, -0.25) is 0 Å². The average molecular weight is 625 g/mol. The van der Waals surface area contributed by atoms with Gasteiger partial charge in [0.05, 0.1) is 0 Å². The topological polar surface area (TPSA) is 0 Å². The molecule has 0 N–H and O–H groups in total. The molecular formula is C27H20Cl2HfP-3. The van der Waals surface area contributed by atoms with E-state index < -0.39 is 7.92 Å². The van der Waals surface area contributed by atoms with Gasteiger partial charge in [0.15, 0.2) is 0 Å². The summed E-state index contributed by atoms with van der Waals surface area (Å²) in [5.41, 5.74) is 2.58. The summed E-state index contributed by atoms with van der Waals surface area (Å²) in [6, 6.07) is 43.9. The van der Waals surface area contributed by atoms with E-state index in [1.54, 1.807) is 0 Å². The monoisotopic (exact) mass is 625 g/mol. The standard InChI is InChI=1S/C27H20P.2ClH.Hf/c1-4-11-21(12-5-1)26-18-10-13-22-19-25(20-27(22)26)28(23-14-6-2-7-15-23)24-16-8-3-9-17-24;;;/h1-20H;2*1H;/q-1;;;/p-2. The predicted octanol–water partition coefficient (Wildman–Crippen LogP) is -0.0106. The largest absolute Gasteiger partial charge is 1.00 e. The van der Waals surface area contributed by atoms with Crippen LogP contribution >= 0.6 is 7.92 Å². The van der Waals surface area contributed by atoms with Crippen LogP contribution in [0.1, 0.15) is 0 Å². The molecule has 4 heteroatoms. The summed E-state index contributed by atoms with van der Waals surface area (Å²) in [6.45, 7) is 0. The fourth-order valence-corrected chi connectivity index (χ4v) is 6.18. The number of benzene rings is 4. The van der Waals surface area contributed by atoms with Gasteiger partial charge in [0.25, 0.3) is 0 Å². The Morgan fingerprint density at radius 2 is 1.06 bits per heavy atom. The van der Waals surface area contributed by atoms with Crippen LogP contribution in [0.2, 0.25) is 0 Å². The van der Waals surface area contributed by atoms with Crippen molar-refractivity contribution in [2.24, 2.45) is 0 Å². The van der Waals surface area contributed by atoms with Gasteiger partial charge in [0.2, 0.25) is 0 Å². The molecule has 0 unspecified atom stereocenters. The second kappa shape index (κ2) is 11.8. The fourth-order valence-electron chi connectivity index (χ4n) is 3.82. The smallest absolute Gasteiger partial charge is 0 e. The molecule has 0 heterocycles. The molecule has 5 rings (SSSR count). The molecule has 0 saturated heterocycles. The summed E-state index contributed by atoms with van der Waals surface area (Å²) < 4.78 is 0. The van der Waals surface area contributed by atoms with Crippen LogP contribution in [-0.2, 0) is 25.8 Å². The van der Waals surface area contributed by atoms with Gasteiger partial charge in [-0.05, 0) is 24.1 Å². The average Bonchev–Trinajstić information content (AvgIpc) is 3.20. The Kier molecular flexibility index (Phi) is 9.79. The SMILES string of the molecule is [Cl-].[Cl-].[Hf].c1ccc(-c2cccc3[cH-]c(P(c4ccccc4)c4ccccc4)cc23)cc1. The van der Waals surface area contributed by atoms with Crippen molar-refractivity contribution in [2.45, 2.75) is 0 Å². The van der Waals surface area contributed by atoms with E-state index in [9.17, 15) is 0 Å². The molecule has 0 spiro atoms. The summed E-state index contributed by atoms with van der Waals surface area (Å²) in [6.07, 6.45) is 0. The number of fused-ring (bicyclic) bond motifs is 1. The maximum absolute atomic E-state index is 2.41. The minimum absolute atomic E-state index is 0. The third-order valence-electron chi connectivity index (χ3n) is 5.11. The van der Waals surface area contributed by atoms with Crippen LogP contribution in [0.5, 0.6) is 0 Å².